The number of aromatic nitrogens is 1. The Morgan fingerprint density at radius 2 is 2.12 bits per heavy atom. The molecule has 0 N–H and O–H groups in total. The number of hydrogen-bond donors (Lipinski definition) is 0. The molecule has 1 aromatic heterocycles. The maximum Gasteiger partial charge on any atom is 0.190 e. The molecular weight excluding hydrogens is 205 g/mol. The van der Waals surface area contributed by atoms with Crippen LogP contribution < -0.4 is 0 Å². The zero-order valence-electron chi connectivity index (χ0n) is 9.08. The topological polar surface area (TPSA) is 30.0 Å². The summed E-state index contributed by atoms with van der Waals surface area (Å²) < 4.78 is 12.9. The fraction of sp³-hybridized carbons (Fsp3) is 0.385. The van der Waals surface area contributed by atoms with Gasteiger partial charge in [-0.3, -0.25) is 9.78 Å². The first-order chi connectivity index (χ1) is 7.77. The molecule has 1 heterocycles. The fourth-order valence-corrected chi connectivity index (χ4v) is 1.94. The Morgan fingerprint density at radius 3 is 2.94 bits per heavy atom. The highest BCUT2D eigenvalue weighted by Crippen LogP contribution is 2.20. The van der Waals surface area contributed by atoms with E-state index in [-0.39, 0.29) is 5.78 Å². The normalized spacial score (nSPS) is 16.4. The molecule has 0 saturated carbocycles. The summed E-state index contributed by atoms with van der Waals surface area (Å²) in [4.78, 5) is 15.7. The highest BCUT2D eigenvalue weighted by Gasteiger charge is 2.14. The number of hydrogen-bond acceptors (Lipinski definition) is 2. The molecule has 0 spiro atoms. The van der Waals surface area contributed by atoms with Crippen LogP contribution in [-0.4, -0.2) is 10.8 Å². The number of halogens is 1. The number of pyridine rings is 1. The molecule has 2 rings (SSSR count). The van der Waals surface area contributed by atoms with E-state index in [1.807, 2.05) is 6.08 Å². The zero-order valence-corrected chi connectivity index (χ0v) is 9.08. The van der Waals surface area contributed by atoms with Crippen molar-refractivity contribution in [3.05, 3.63) is 41.5 Å². The van der Waals surface area contributed by atoms with E-state index >= 15 is 0 Å². The Labute approximate surface area is 94.2 Å². The van der Waals surface area contributed by atoms with Gasteiger partial charge < -0.3 is 0 Å². The molecule has 0 atom stereocenters. The molecule has 0 bridgehead atoms. The van der Waals surface area contributed by atoms with Gasteiger partial charge in [-0.1, -0.05) is 12.5 Å². The third-order valence-corrected chi connectivity index (χ3v) is 2.80. The van der Waals surface area contributed by atoms with Crippen LogP contribution in [0.4, 0.5) is 4.39 Å². The monoisotopic (exact) mass is 219 g/mol. The van der Waals surface area contributed by atoms with Crippen LogP contribution in [0, 0.1) is 5.82 Å². The first-order valence-corrected chi connectivity index (χ1v) is 5.61. The number of nitrogens with zero attached hydrogens (tertiary/aromatic N) is 1. The van der Waals surface area contributed by atoms with Crippen molar-refractivity contribution in [3.63, 3.8) is 0 Å². The van der Waals surface area contributed by atoms with Crippen molar-refractivity contribution in [2.45, 2.75) is 32.1 Å². The lowest BCUT2D eigenvalue weighted by atomic mass is 10.0. The van der Waals surface area contributed by atoms with Crippen LogP contribution in [0.1, 0.15) is 42.5 Å². The van der Waals surface area contributed by atoms with E-state index in [9.17, 15) is 9.18 Å². The molecule has 1 aliphatic carbocycles. The summed E-state index contributed by atoms with van der Waals surface area (Å²) in [7, 11) is 0. The van der Waals surface area contributed by atoms with Gasteiger partial charge in [0.05, 0.1) is 6.20 Å². The van der Waals surface area contributed by atoms with Crippen LogP contribution in [0.3, 0.4) is 0 Å². The summed E-state index contributed by atoms with van der Waals surface area (Å²) in [5.74, 6) is -0.533. The van der Waals surface area contributed by atoms with E-state index in [4.69, 9.17) is 0 Å². The molecule has 0 fully saturated rings. The number of carbonyl (C=O) groups is 1. The predicted octanol–water partition coefficient (Wildman–Crippen LogP) is 3.29. The summed E-state index contributed by atoms with van der Waals surface area (Å²) >= 11 is 0. The van der Waals surface area contributed by atoms with Crippen LogP contribution in [0.5, 0.6) is 0 Å². The van der Waals surface area contributed by atoms with Crippen molar-refractivity contribution in [1.82, 2.24) is 4.98 Å². The molecule has 1 aliphatic rings. The second-order valence-electron chi connectivity index (χ2n) is 4.05. The standard InChI is InChI=1S/C13H14FNO/c14-12-7-11(8-15-9-12)13(16)10-5-3-1-2-4-6-10/h5,7-9H,1-4,6H2. The highest BCUT2D eigenvalue weighted by molar-refractivity contribution is 6.08. The van der Waals surface area contributed by atoms with E-state index in [1.165, 1.54) is 12.3 Å². The summed E-state index contributed by atoms with van der Waals surface area (Å²) in [5, 5.41) is 0. The molecule has 0 aliphatic heterocycles. The van der Waals surface area contributed by atoms with Crippen molar-refractivity contribution >= 4 is 5.78 Å². The van der Waals surface area contributed by atoms with Gasteiger partial charge in [0.2, 0.25) is 0 Å². The van der Waals surface area contributed by atoms with Gasteiger partial charge in [-0.25, -0.2) is 4.39 Å². The van der Waals surface area contributed by atoms with Gasteiger partial charge in [0.1, 0.15) is 5.82 Å². The molecule has 2 nitrogen and oxygen atoms in total. The summed E-state index contributed by atoms with van der Waals surface area (Å²) in [6.45, 7) is 0. The maximum absolute atomic E-state index is 12.9. The third kappa shape index (κ3) is 2.54. The zero-order chi connectivity index (χ0) is 11.4. The summed E-state index contributed by atoms with van der Waals surface area (Å²) in [6.07, 6.45) is 9.61. The Morgan fingerprint density at radius 1 is 1.25 bits per heavy atom. The smallest absolute Gasteiger partial charge is 0.190 e. The Hall–Kier alpha value is -1.51. The molecule has 0 amide bonds. The maximum atomic E-state index is 12.9. The van der Waals surface area contributed by atoms with Crippen molar-refractivity contribution < 1.29 is 9.18 Å². The van der Waals surface area contributed by atoms with E-state index in [0.29, 0.717) is 5.56 Å². The largest absolute Gasteiger partial charge is 0.289 e. The molecule has 0 unspecified atom stereocenters. The summed E-state index contributed by atoms with van der Waals surface area (Å²) in [6, 6.07) is 1.25. The number of ketones is 1. The molecule has 0 saturated heterocycles. The predicted molar refractivity (Wildman–Crippen MR) is 59.7 cm³/mol. The second kappa shape index (κ2) is 5.01. The Balaban J connectivity index is 2.21. The Kier molecular flexibility index (Phi) is 3.44. The van der Waals surface area contributed by atoms with Gasteiger partial charge in [-0.15, -0.1) is 0 Å². The van der Waals surface area contributed by atoms with Crippen LogP contribution in [-0.2, 0) is 0 Å². The van der Waals surface area contributed by atoms with E-state index in [2.05, 4.69) is 4.98 Å². The molecule has 1 aromatic rings. The quantitative estimate of drug-likeness (QED) is 0.714. The molecule has 16 heavy (non-hydrogen) atoms. The average Bonchev–Trinajstić information content (AvgIpc) is 2.56. The second-order valence-corrected chi connectivity index (χ2v) is 4.05. The summed E-state index contributed by atoms with van der Waals surface area (Å²) in [5.41, 5.74) is 1.16. The minimum absolute atomic E-state index is 0.0751. The van der Waals surface area contributed by atoms with Gasteiger partial charge in [-0.2, -0.15) is 0 Å². The lowest BCUT2D eigenvalue weighted by Crippen LogP contribution is -2.04. The van der Waals surface area contributed by atoms with Crippen LogP contribution in [0.2, 0.25) is 0 Å². The number of allylic oxidation sites excluding steroid dienone is 2. The van der Waals surface area contributed by atoms with Gasteiger partial charge in [0.15, 0.2) is 5.78 Å². The lowest BCUT2D eigenvalue weighted by Gasteiger charge is -2.03. The van der Waals surface area contributed by atoms with E-state index in [1.54, 1.807) is 0 Å². The van der Waals surface area contributed by atoms with Crippen molar-refractivity contribution in [1.29, 1.82) is 0 Å². The first-order valence-electron chi connectivity index (χ1n) is 5.61. The lowest BCUT2D eigenvalue weighted by molar-refractivity contribution is 0.102. The van der Waals surface area contributed by atoms with Gasteiger partial charge in [-0.05, 0) is 37.3 Å². The average molecular weight is 219 g/mol. The Bertz CT molecular complexity index is 426. The SMILES string of the molecule is O=C(C1=CCCCCC1)c1cncc(F)c1. The molecule has 0 aromatic carbocycles. The molecular formula is C13H14FNO. The van der Waals surface area contributed by atoms with Crippen molar-refractivity contribution in [2.75, 3.05) is 0 Å². The van der Waals surface area contributed by atoms with Gasteiger partial charge in [0.25, 0.3) is 0 Å². The number of Topliss-reactive ketones (excluding diaryl/α,β-unsaturated/α-hetero) is 1. The van der Waals surface area contributed by atoms with Gasteiger partial charge >= 0.3 is 0 Å². The van der Waals surface area contributed by atoms with Gasteiger partial charge in [0, 0.05) is 11.8 Å². The van der Waals surface area contributed by atoms with E-state index < -0.39 is 5.82 Å². The van der Waals surface area contributed by atoms with Crippen molar-refractivity contribution in [3.8, 4) is 0 Å². The minimum Gasteiger partial charge on any atom is -0.289 e. The van der Waals surface area contributed by atoms with Crippen LogP contribution in [0.25, 0.3) is 0 Å². The third-order valence-electron chi connectivity index (χ3n) is 2.80. The van der Waals surface area contributed by atoms with Crippen molar-refractivity contribution in [2.24, 2.45) is 0 Å². The van der Waals surface area contributed by atoms with Crippen LogP contribution >= 0.6 is 0 Å². The molecule has 3 heteroatoms. The highest BCUT2D eigenvalue weighted by atomic mass is 19.1. The first kappa shape index (κ1) is 11.0. The molecule has 84 valence electrons. The number of rotatable bonds is 2. The van der Waals surface area contributed by atoms with E-state index in [0.717, 1.165) is 43.9 Å². The van der Waals surface area contributed by atoms with Crippen LogP contribution in [0.15, 0.2) is 30.1 Å². The number of carbonyl (C=O) groups excluding carboxylic acids is 1. The minimum atomic E-state index is -0.458. The fourth-order valence-electron chi connectivity index (χ4n) is 1.94. The molecule has 0 radical (unpaired) electrons.